The first kappa shape index (κ1) is 35.7. The van der Waals surface area contributed by atoms with E-state index in [9.17, 15) is 49.3 Å². The molecule has 4 atom stereocenters. The van der Waals surface area contributed by atoms with Crippen LogP contribution in [0.3, 0.4) is 0 Å². The predicted molar refractivity (Wildman–Crippen MR) is 176 cm³/mol. The Labute approximate surface area is 297 Å². The molecule has 2 aromatic heterocycles. The van der Waals surface area contributed by atoms with E-state index in [1.807, 2.05) is 0 Å². The summed E-state index contributed by atoms with van der Waals surface area (Å²) in [5.74, 6) is -5.59. The zero-order valence-electron chi connectivity index (χ0n) is 27.3. The molecular formula is C30H34N8O11S2. The van der Waals surface area contributed by atoms with Gasteiger partial charge in [-0.1, -0.05) is 5.16 Å². The number of hydrogen-bond acceptors (Lipinski definition) is 15. The number of nitrogen functional groups attached to an aromatic ring is 1. The molecule has 0 bridgehead atoms. The lowest BCUT2D eigenvalue weighted by molar-refractivity contribution is -0.938. The van der Waals surface area contributed by atoms with Gasteiger partial charge in [-0.05, 0) is 13.8 Å². The summed E-state index contributed by atoms with van der Waals surface area (Å²) >= 11 is 2.26. The Bertz CT molecular complexity index is 1960. The van der Waals surface area contributed by atoms with Gasteiger partial charge in [0.2, 0.25) is 11.0 Å². The predicted octanol–water partition coefficient (Wildman–Crippen LogP) is -2.05. The van der Waals surface area contributed by atoms with Crippen molar-refractivity contribution in [2.75, 3.05) is 44.2 Å². The third-order valence-electron chi connectivity index (χ3n) is 9.57. The van der Waals surface area contributed by atoms with Crippen LogP contribution in [0.15, 0.2) is 38.9 Å². The number of nitrogens with zero attached hydrogens (tertiary/aromatic N) is 6. The van der Waals surface area contributed by atoms with Crippen molar-refractivity contribution < 1.29 is 53.8 Å². The van der Waals surface area contributed by atoms with E-state index in [2.05, 4.69) is 15.5 Å². The molecule has 6 N–H and O–H groups in total. The van der Waals surface area contributed by atoms with Crippen molar-refractivity contribution in [2.24, 2.45) is 5.16 Å². The number of carboxylic acids is 2. The number of carbonyl (C=O) groups excluding carboxylic acids is 4. The lowest BCUT2D eigenvalue weighted by Gasteiger charge is -2.52. The van der Waals surface area contributed by atoms with E-state index in [1.165, 1.54) is 35.9 Å². The SMILES string of the molecule is CC(C)(O/N=C(\C(=O)N[C@@H]1C(=O)N2C(C(=O)[O-])=C(C[N+]34CCC[C@H]3CN(C(=O)c3cc(=O)c(O)cn3O)CC4)CS[C@H]12)c1csc(N)n1)C(=O)O. The molecule has 19 nitrogen and oxygen atoms in total. The lowest BCUT2D eigenvalue weighted by Crippen LogP contribution is -2.72. The summed E-state index contributed by atoms with van der Waals surface area (Å²) in [6, 6.07) is -0.384. The molecule has 4 aliphatic rings. The topological polar surface area (TPSA) is 270 Å². The normalized spacial score (nSPS) is 24.8. The number of pyridine rings is 1. The Morgan fingerprint density at radius 3 is 2.67 bits per heavy atom. The molecule has 0 saturated carbocycles. The maximum absolute atomic E-state index is 13.5. The quantitative estimate of drug-likeness (QED) is 0.0576. The van der Waals surface area contributed by atoms with E-state index < -0.39 is 63.6 Å². The van der Waals surface area contributed by atoms with Gasteiger partial charge in [-0.15, -0.1) is 23.1 Å². The number of anilines is 1. The van der Waals surface area contributed by atoms with Crippen LogP contribution in [0.2, 0.25) is 0 Å². The second-order valence-electron chi connectivity index (χ2n) is 13.1. The standard InChI is InChI=1S/C30H34N8O11S2/c1-30(2,28(46)47)49-34-20(16-13-51-29(31)32-16)23(41)33-21-25(43)37-22(27(44)45)14(12-50-26(21)37)11-38-6-3-4-15(38)9-35(5-7-38)24(42)17-8-18(39)19(40)10-36(17)48/h8,10,13,15,21,26,48H,3-7,9,11-12H2,1-2H3,(H5-,31,32,33,40,41,44,45,46,47)/b34-20-/t15-,21+,26+,38?/m0/s1. The summed E-state index contributed by atoms with van der Waals surface area (Å²) in [4.78, 5) is 88.0. The molecule has 2 aromatic rings. The molecule has 0 aliphatic carbocycles. The zero-order valence-corrected chi connectivity index (χ0v) is 28.9. The summed E-state index contributed by atoms with van der Waals surface area (Å²) < 4.78 is 0.876. The Hall–Kier alpha value is -5.15. The fourth-order valence-corrected chi connectivity index (χ4v) is 8.69. The van der Waals surface area contributed by atoms with Crippen LogP contribution >= 0.6 is 23.1 Å². The summed E-state index contributed by atoms with van der Waals surface area (Å²) in [5, 5.41) is 48.7. The number of aromatic nitrogens is 2. The Balaban J connectivity index is 1.18. The third-order valence-corrected chi connectivity index (χ3v) is 11.6. The Kier molecular flexibility index (Phi) is 9.23. The van der Waals surface area contributed by atoms with Crippen molar-refractivity contribution in [3.05, 3.63) is 50.5 Å². The van der Waals surface area contributed by atoms with Crippen LogP contribution in [0.25, 0.3) is 0 Å². The number of amides is 3. The molecule has 6 rings (SSSR count). The molecule has 1 unspecified atom stereocenters. The molecular weight excluding hydrogens is 713 g/mol. The average Bonchev–Trinajstić information content (AvgIpc) is 3.70. The molecule has 0 radical (unpaired) electrons. The second kappa shape index (κ2) is 13.2. The Morgan fingerprint density at radius 2 is 2.00 bits per heavy atom. The third kappa shape index (κ3) is 6.47. The first-order chi connectivity index (χ1) is 24.0. The molecule has 0 aromatic carbocycles. The van der Waals surface area contributed by atoms with Gasteiger partial charge >= 0.3 is 5.97 Å². The highest BCUT2D eigenvalue weighted by Crippen LogP contribution is 2.42. The number of oxime groups is 1. The van der Waals surface area contributed by atoms with Gasteiger partial charge < -0.3 is 50.6 Å². The number of nitrogens with one attached hydrogen (secondary N) is 1. The van der Waals surface area contributed by atoms with E-state index in [0.717, 1.165) is 41.3 Å². The van der Waals surface area contributed by atoms with Crippen molar-refractivity contribution in [2.45, 2.75) is 49.7 Å². The zero-order chi connectivity index (χ0) is 37.0. The van der Waals surface area contributed by atoms with Gasteiger partial charge in [0, 0.05) is 35.6 Å². The molecule has 272 valence electrons. The number of carbonyl (C=O) groups is 5. The molecule has 3 amide bonds. The van der Waals surface area contributed by atoms with Crippen LogP contribution in [-0.2, 0) is 24.0 Å². The molecule has 51 heavy (non-hydrogen) atoms. The number of hydrogen-bond donors (Lipinski definition) is 5. The highest BCUT2D eigenvalue weighted by molar-refractivity contribution is 8.00. The van der Waals surface area contributed by atoms with Crippen LogP contribution in [0.4, 0.5) is 5.13 Å². The van der Waals surface area contributed by atoms with E-state index in [4.69, 9.17) is 10.6 Å². The minimum Gasteiger partial charge on any atom is -0.543 e. The molecule has 0 spiro atoms. The van der Waals surface area contributed by atoms with Gasteiger partial charge in [-0.2, -0.15) is 4.73 Å². The van der Waals surface area contributed by atoms with Crippen molar-refractivity contribution in [1.29, 1.82) is 0 Å². The highest BCUT2D eigenvalue weighted by atomic mass is 32.2. The van der Waals surface area contributed by atoms with Crippen molar-refractivity contribution in [3.8, 4) is 5.75 Å². The number of carboxylic acid groups (broad SMARTS) is 2. The highest BCUT2D eigenvalue weighted by Gasteiger charge is 2.55. The summed E-state index contributed by atoms with van der Waals surface area (Å²) in [6.45, 7) is 4.39. The summed E-state index contributed by atoms with van der Waals surface area (Å²) in [5.41, 5.74) is 2.57. The number of aliphatic carboxylic acids is 2. The van der Waals surface area contributed by atoms with Gasteiger partial charge in [0.1, 0.15) is 35.4 Å². The van der Waals surface area contributed by atoms with Gasteiger partial charge in [0.05, 0.1) is 44.0 Å². The van der Waals surface area contributed by atoms with E-state index in [-0.39, 0.29) is 53.6 Å². The largest absolute Gasteiger partial charge is 0.543 e. The van der Waals surface area contributed by atoms with Gasteiger partial charge in [-0.25, -0.2) is 9.78 Å². The first-order valence-corrected chi connectivity index (χ1v) is 17.7. The van der Waals surface area contributed by atoms with Gasteiger partial charge in [0.15, 0.2) is 16.6 Å². The van der Waals surface area contributed by atoms with Crippen molar-refractivity contribution in [1.82, 2.24) is 24.8 Å². The summed E-state index contributed by atoms with van der Waals surface area (Å²) in [6.07, 6.45) is 2.29. The molecule has 3 saturated heterocycles. The van der Waals surface area contributed by atoms with Crippen molar-refractivity contribution >= 4 is 63.6 Å². The minimum atomic E-state index is -1.81. The molecule has 6 heterocycles. The number of thioether (sulfide) groups is 1. The van der Waals surface area contributed by atoms with Gasteiger partial charge in [-0.3, -0.25) is 24.1 Å². The van der Waals surface area contributed by atoms with Crippen LogP contribution in [0.1, 0.15) is 42.9 Å². The van der Waals surface area contributed by atoms with E-state index >= 15 is 0 Å². The number of fused-ring (bicyclic) bond motifs is 2. The molecule has 21 heteroatoms. The maximum Gasteiger partial charge on any atom is 0.350 e. The van der Waals surface area contributed by atoms with Gasteiger partial charge in [0.25, 0.3) is 17.7 Å². The fourth-order valence-electron chi connectivity index (χ4n) is 6.81. The number of rotatable bonds is 10. The van der Waals surface area contributed by atoms with Crippen molar-refractivity contribution in [3.63, 3.8) is 0 Å². The number of aromatic hydroxyl groups is 1. The lowest BCUT2D eigenvalue weighted by atomic mass is 10.0. The van der Waals surface area contributed by atoms with Crippen LogP contribution in [-0.4, -0.2) is 136 Å². The minimum absolute atomic E-state index is 0.0154. The number of β-lactam (4-membered cyclic amide) rings is 1. The Morgan fingerprint density at radius 1 is 1.25 bits per heavy atom. The van der Waals surface area contributed by atoms with Crippen LogP contribution in [0, 0.1) is 0 Å². The van der Waals surface area contributed by atoms with E-state index in [0.29, 0.717) is 27.9 Å². The van der Waals surface area contributed by atoms with Crippen LogP contribution in [0.5, 0.6) is 5.75 Å². The number of piperazine rings is 1. The maximum atomic E-state index is 13.5. The van der Waals surface area contributed by atoms with E-state index in [1.54, 1.807) is 0 Å². The number of nitrogens with two attached hydrogens (primary N) is 1. The smallest absolute Gasteiger partial charge is 0.350 e. The second-order valence-corrected chi connectivity index (χ2v) is 15.1. The first-order valence-electron chi connectivity index (χ1n) is 15.7. The molecule has 3 fully saturated rings. The number of thiazole rings is 1. The number of quaternary nitrogens is 1. The average molecular weight is 747 g/mol. The summed E-state index contributed by atoms with van der Waals surface area (Å²) in [7, 11) is 0. The fraction of sp³-hybridized carbons (Fsp3) is 0.467. The van der Waals surface area contributed by atoms with Crippen LogP contribution < -0.4 is 21.6 Å². The molecule has 4 aliphatic heterocycles. The monoisotopic (exact) mass is 746 g/mol.